The monoisotopic (exact) mass is 202 g/mol. The Balaban J connectivity index is 2.59. The number of likely N-dealkylation sites (N-methyl/N-ethyl adjacent to an activating group) is 1. The minimum absolute atomic E-state index is 0.110. The Kier molecular flexibility index (Phi) is 3.13. The molecule has 0 aliphatic rings. The van der Waals surface area contributed by atoms with Gasteiger partial charge in [0, 0.05) is 12.7 Å². The highest BCUT2D eigenvalue weighted by molar-refractivity contribution is 6.32. The van der Waals surface area contributed by atoms with Gasteiger partial charge >= 0.3 is 0 Å². The predicted octanol–water partition coefficient (Wildman–Crippen LogP) is 0.255. The highest BCUT2D eigenvalue weighted by Crippen LogP contribution is 2.14. The Labute approximate surface area is 80.9 Å². The second-order valence-corrected chi connectivity index (χ2v) is 2.92. The largest absolute Gasteiger partial charge is 0.381 e. The number of nitrogens with zero attached hydrogens (tertiary/aromatic N) is 2. The maximum Gasteiger partial charge on any atom is 0.241 e. The minimum atomic E-state index is -0.110. The van der Waals surface area contributed by atoms with E-state index in [4.69, 9.17) is 17.3 Å². The molecule has 5 nitrogen and oxygen atoms in total. The predicted molar refractivity (Wildman–Crippen MR) is 50.3 cm³/mol. The molecule has 0 saturated heterocycles. The molecule has 0 aliphatic carbocycles. The normalized spacial score (nSPS) is 10.0. The third-order valence-electron chi connectivity index (χ3n) is 1.42. The summed E-state index contributed by atoms with van der Waals surface area (Å²) in [7, 11) is 0. The number of carbonyl (C=O) groups excluding carboxylic acids is 1. The molecular formula is C7H11ClN4O. The van der Waals surface area contributed by atoms with Crippen molar-refractivity contribution in [3.8, 4) is 0 Å². The second kappa shape index (κ2) is 4.13. The Morgan fingerprint density at radius 2 is 2.54 bits per heavy atom. The first kappa shape index (κ1) is 9.85. The highest BCUT2D eigenvalue weighted by atomic mass is 35.5. The van der Waals surface area contributed by atoms with E-state index in [1.807, 2.05) is 6.92 Å². The van der Waals surface area contributed by atoms with Crippen LogP contribution >= 0.6 is 11.6 Å². The third-order valence-corrected chi connectivity index (χ3v) is 1.71. The number of rotatable bonds is 3. The number of nitrogen functional groups attached to an aromatic ring is 1. The van der Waals surface area contributed by atoms with E-state index in [2.05, 4.69) is 10.4 Å². The molecule has 0 aliphatic heterocycles. The van der Waals surface area contributed by atoms with Crippen LogP contribution in [0.2, 0.25) is 5.02 Å². The van der Waals surface area contributed by atoms with Crippen molar-refractivity contribution in [3.63, 3.8) is 0 Å². The van der Waals surface area contributed by atoms with E-state index >= 15 is 0 Å². The maximum absolute atomic E-state index is 11.1. The van der Waals surface area contributed by atoms with E-state index < -0.39 is 0 Å². The molecule has 0 spiro atoms. The number of hydrogen-bond acceptors (Lipinski definition) is 3. The Bertz CT molecular complexity index is 290. The summed E-state index contributed by atoms with van der Waals surface area (Å²) in [6.07, 6.45) is 1.52. The van der Waals surface area contributed by atoms with E-state index in [1.54, 1.807) is 0 Å². The van der Waals surface area contributed by atoms with Crippen molar-refractivity contribution in [2.45, 2.75) is 13.5 Å². The first-order valence-electron chi connectivity index (χ1n) is 3.88. The van der Waals surface area contributed by atoms with Gasteiger partial charge in [-0.1, -0.05) is 11.6 Å². The topological polar surface area (TPSA) is 72.9 Å². The molecule has 0 fully saturated rings. The van der Waals surface area contributed by atoms with Gasteiger partial charge in [0.2, 0.25) is 5.91 Å². The smallest absolute Gasteiger partial charge is 0.241 e. The van der Waals surface area contributed by atoms with Gasteiger partial charge in [0.05, 0.1) is 0 Å². The number of hydrogen-bond donors (Lipinski definition) is 2. The Hall–Kier alpha value is -1.23. The van der Waals surface area contributed by atoms with Gasteiger partial charge in [-0.2, -0.15) is 5.10 Å². The summed E-state index contributed by atoms with van der Waals surface area (Å²) in [6.45, 7) is 2.59. The Morgan fingerprint density at radius 1 is 1.85 bits per heavy atom. The molecular weight excluding hydrogens is 192 g/mol. The van der Waals surface area contributed by atoms with Gasteiger partial charge in [0.25, 0.3) is 0 Å². The van der Waals surface area contributed by atoms with Gasteiger partial charge < -0.3 is 11.1 Å². The zero-order valence-electron chi connectivity index (χ0n) is 7.25. The molecule has 0 unspecified atom stereocenters. The average molecular weight is 203 g/mol. The number of carbonyl (C=O) groups is 1. The summed E-state index contributed by atoms with van der Waals surface area (Å²) >= 11 is 5.65. The summed E-state index contributed by atoms with van der Waals surface area (Å²) in [5.74, 6) is 0.132. The summed E-state index contributed by atoms with van der Waals surface area (Å²) in [4.78, 5) is 11.1. The van der Waals surface area contributed by atoms with Gasteiger partial charge in [-0.3, -0.25) is 9.48 Å². The fraction of sp³-hybridized carbons (Fsp3) is 0.429. The molecule has 13 heavy (non-hydrogen) atoms. The van der Waals surface area contributed by atoms with E-state index in [0.717, 1.165) is 0 Å². The lowest BCUT2D eigenvalue weighted by molar-refractivity contribution is -0.121. The molecule has 1 heterocycles. The van der Waals surface area contributed by atoms with E-state index in [1.165, 1.54) is 10.9 Å². The van der Waals surface area contributed by atoms with E-state index in [-0.39, 0.29) is 18.3 Å². The van der Waals surface area contributed by atoms with Gasteiger partial charge in [0.1, 0.15) is 11.6 Å². The molecule has 1 rings (SSSR count). The lowest BCUT2D eigenvalue weighted by Crippen LogP contribution is -2.27. The molecule has 0 aromatic carbocycles. The quantitative estimate of drug-likeness (QED) is 0.738. The number of amides is 1. The second-order valence-electron chi connectivity index (χ2n) is 2.51. The van der Waals surface area contributed by atoms with Crippen LogP contribution < -0.4 is 11.1 Å². The van der Waals surface area contributed by atoms with Crippen LogP contribution in [-0.4, -0.2) is 22.2 Å². The van der Waals surface area contributed by atoms with Crippen molar-refractivity contribution < 1.29 is 4.79 Å². The molecule has 6 heteroatoms. The van der Waals surface area contributed by atoms with Gasteiger partial charge in [-0.15, -0.1) is 0 Å². The van der Waals surface area contributed by atoms with Crippen LogP contribution in [0.15, 0.2) is 6.20 Å². The van der Waals surface area contributed by atoms with Gasteiger partial charge in [-0.05, 0) is 6.92 Å². The van der Waals surface area contributed by atoms with Crippen LogP contribution in [0.3, 0.4) is 0 Å². The fourth-order valence-corrected chi connectivity index (χ4v) is 1.04. The van der Waals surface area contributed by atoms with Crippen LogP contribution in [0.4, 0.5) is 5.82 Å². The lowest BCUT2D eigenvalue weighted by atomic mass is 10.5. The van der Waals surface area contributed by atoms with E-state index in [9.17, 15) is 4.79 Å². The molecule has 1 aromatic rings. The van der Waals surface area contributed by atoms with Crippen LogP contribution in [0, 0.1) is 0 Å². The minimum Gasteiger partial charge on any atom is -0.381 e. The van der Waals surface area contributed by atoms with Crippen LogP contribution in [-0.2, 0) is 11.3 Å². The average Bonchev–Trinajstić information content (AvgIpc) is 2.31. The first-order chi connectivity index (χ1) is 6.13. The number of halogens is 1. The van der Waals surface area contributed by atoms with Crippen molar-refractivity contribution in [2.24, 2.45) is 0 Å². The summed E-state index contributed by atoms with van der Waals surface area (Å²) in [6, 6.07) is 0. The highest BCUT2D eigenvalue weighted by Gasteiger charge is 2.05. The zero-order valence-corrected chi connectivity index (χ0v) is 8.01. The molecule has 1 aromatic heterocycles. The van der Waals surface area contributed by atoms with Crippen LogP contribution in [0.25, 0.3) is 0 Å². The van der Waals surface area contributed by atoms with Crippen molar-refractivity contribution in [2.75, 3.05) is 12.3 Å². The number of nitrogens with one attached hydrogen (secondary N) is 1. The van der Waals surface area contributed by atoms with Crippen molar-refractivity contribution in [3.05, 3.63) is 11.2 Å². The van der Waals surface area contributed by atoms with Crippen molar-refractivity contribution >= 4 is 23.3 Å². The number of aromatic nitrogens is 2. The molecule has 0 saturated carbocycles. The van der Waals surface area contributed by atoms with Crippen molar-refractivity contribution in [1.29, 1.82) is 0 Å². The lowest BCUT2D eigenvalue weighted by Gasteiger charge is -2.00. The summed E-state index contributed by atoms with van der Waals surface area (Å²) in [5.41, 5.74) is 5.39. The van der Waals surface area contributed by atoms with Crippen molar-refractivity contribution in [1.82, 2.24) is 15.1 Å². The third kappa shape index (κ3) is 2.62. The Morgan fingerprint density at radius 3 is 3.00 bits per heavy atom. The molecule has 3 N–H and O–H groups in total. The summed E-state index contributed by atoms with van der Waals surface area (Å²) in [5, 5.41) is 6.84. The molecule has 0 radical (unpaired) electrons. The van der Waals surface area contributed by atoms with Crippen LogP contribution in [0.5, 0.6) is 0 Å². The number of nitrogens with two attached hydrogens (primary N) is 1. The first-order valence-corrected chi connectivity index (χ1v) is 4.26. The standard InChI is InChI=1S/C7H11ClN4O/c1-2-10-6(13)4-12-3-5(8)7(9)11-12/h3H,2,4H2,1H3,(H2,9,11)(H,10,13). The molecule has 1 amide bonds. The molecule has 0 atom stereocenters. The maximum atomic E-state index is 11.1. The SMILES string of the molecule is CCNC(=O)Cn1cc(Cl)c(N)n1. The fourth-order valence-electron chi connectivity index (χ4n) is 0.893. The molecule has 72 valence electrons. The summed E-state index contributed by atoms with van der Waals surface area (Å²) < 4.78 is 1.41. The zero-order chi connectivity index (χ0) is 9.84. The number of anilines is 1. The molecule has 0 bridgehead atoms. The van der Waals surface area contributed by atoms with E-state index in [0.29, 0.717) is 11.6 Å². The van der Waals surface area contributed by atoms with Gasteiger partial charge in [0.15, 0.2) is 5.82 Å². The van der Waals surface area contributed by atoms with Gasteiger partial charge in [-0.25, -0.2) is 0 Å². The van der Waals surface area contributed by atoms with Crippen LogP contribution in [0.1, 0.15) is 6.92 Å².